The molecule has 0 aliphatic heterocycles. The molecule has 7 nitrogen and oxygen atoms in total. The number of aromatic carboxylic acids is 1. The molecule has 0 saturated carbocycles. The van der Waals surface area contributed by atoms with Crippen LogP contribution in [0, 0.1) is 0 Å². The molecule has 2 rings (SSSR count). The SMILES string of the molecule is CC(NCCOc1cccc(C(=O)O)c1)c1nncn1C. The summed E-state index contributed by atoms with van der Waals surface area (Å²) in [5.74, 6) is 0.431. The van der Waals surface area contributed by atoms with Gasteiger partial charge in [0, 0.05) is 13.6 Å². The Morgan fingerprint density at radius 1 is 1.52 bits per heavy atom. The van der Waals surface area contributed by atoms with Gasteiger partial charge in [-0.25, -0.2) is 4.79 Å². The highest BCUT2D eigenvalue weighted by atomic mass is 16.5. The minimum absolute atomic E-state index is 0.0615. The summed E-state index contributed by atoms with van der Waals surface area (Å²) in [6, 6.07) is 6.50. The Morgan fingerprint density at radius 2 is 2.33 bits per heavy atom. The first kappa shape index (κ1) is 15.0. The van der Waals surface area contributed by atoms with E-state index in [9.17, 15) is 4.79 Å². The van der Waals surface area contributed by atoms with Crippen molar-refractivity contribution in [2.75, 3.05) is 13.2 Å². The number of hydrogen-bond donors (Lipinski definition) is 2. The molecule has 0 amide bonds. The maximum atomic E-state index is 10.9. The zero-order valence-corrected chi connectivity index (χ0v) is 12.0. The molecular weight excluding hydrogens is 272 g/mol. The number of aromatic nitrogens is 3. The summed E-state index contributed by atoms with van der Waals surface area (Å²) < 4.78 is 7.38. The fourth-order valence-electron chi connectivity index (χ4n) is 1.94. The molecular formula is C14H18N4O3. The molecule has 112 valence electrons. The highest BCUT2D eigenvalue weighted by Crippen LogP contribution is 2.13. The van der Waals surface area contributed by atoms with Crippen molar-refractivity contribution in [2.24, 2.45) is 7.05 Å². The quantitative estimate of drug-likeness (QED) is 0.746. The lowest BCUT2D eigenvalue weighted by Crippen LogP contribution is -2.26. The Bertz CT molecular complexity index is 612. The first-order valence-corrected chi connectivity index (χ1v) is 6.61. The number of nitrogens with one attached hydrogen (secondary N) is 1. The van der Waals surface area contributed by atoms with Gasteiger partial charge in [-0.3, -0.25) is 0 Å². The average molecular weight is 290 g/mol. The van der Waals surface area contributed by atoms with Crippen molar-refractivity contribution < 1.29 is 14.6 Å². The predicted octanol–water partition coefficient (Wildman–Crippen LogP) is 1.24. The minimum Gasteiger partial charge on any atom is -0.492 e. The summed E-state index contributed by atoms with van der Waals surface area (Å²) >= 11 is 0. The van der Waals surface area contributed by atoms with E-state index in [0.29, 0.717) is 18.9 Å². The molecule has 0 spiro atoms. The van der Waals surface area contributed by atoms with E-state index < -0.39 is 5.97 Å². The van der Waals surface area contributed by atoms with Gasteiger partial charge in [-0.2, -0.15) is 0 Å². The van der Waals surface area contributed by atoms with Crippen LogP contribution < -0.4 is 10.1 Å². The molecule has 1 aromatic heterocycles. The molecule has 7 heteroatoms. The largest absolute Gasteiger partial charge is 0.492 e. The molecule has 0 aliphatic rings. The molecule has 2 aromatic rings. The summed E-state index contributed by atoms with van der Waals surface area (Å²) in [5.41, 5.74) is 0.216. The first-order chi connectivity index (χ1) is 10.1. The molecule has 21 heavy (non-hydrogen) atoms. The number of carboxylic acid groups (broad SMARTS) is 1. The fourth-order valence-corrected chi connectivity index (χ4v) is 1.94. The third-order valence-electron chi connectivity index (χ3n) is 3.04. The lowest BCUT2D eigenvalue weighted by atomic mass is 10.2. The second kappa shape index (κ2) is 6.85. The van der Waals surface area contributed by atoms with Gasteiger partial charge in [0.1, 0.15) is 24.5 Å². The van der Waals surface area contributed by atoms with E-state index in [4.69, 9.17) is 9.84 Å². The number of carboxylic acids is 1. The zero-order valence-electron chi connectivity index (χ0n) is 12.0. The number of carbonyl (C=O) groups is 1. The Labute approximate surface area is 122 Å². The van der Waals surface area contributed by atoms with Crippen LogP contribution in [0.25, 0.3) is 0 Å². The normalized spacial score (nSPS) is 12.1. The lowest BCUT2D eigenvalue weighted by Gasteiger charge is -2.13. The van der Waals surface area contributed by atoms with E-state index in [1.165, 1.54) is 12.1 Å². The number of nitrogens with zero attached hydrogens (tertiary/aromatic N) is 3. The third kappa shape index (κ3) is 4.03. The molecule has 1 atom stereocenters. The van der Waals surface area contributed by atoms with E-state index in [1.807, 2.05) is 18.5 Å². The Morgan fingerprint density at radius 3 is 3.00 bits per heavy atom. The van der Waals surface area contributed by atoms with Crippen molar-refractivity contribution in [2.45, 2.75) is 13.0 Å². The van der Waals surface area contributed by atoms with Crippen LogP contribution in [0.2, 0.25) is 0 Å². The summed E-state index contributed by atoms with van der Waals surface area (Å²) in [5, 5.41) is 20.0. The monoisotopic (exact) mass is 290 g/mol. The molecule has 0 aliphatic carbocycles. The van der Waals surface area contributed by atoms with Crippen LogP contribution in [0.5, 0.6) is 5.75 Å². The summed E-state index contributed by atoms with van der Waals surface area (Å²) in [6.45, 7) is 3.05. The van der Waals surface area contributed by atoms with E-state index in [0.717, 1.165) is 5.82 Å². The van der Waals surface area contributed by atoms with E-state index in [2.05, 4.69) is 15.5 Å². The van der Waals surface area contributed by atoms with Gasteiger partial charge < -0.3 is 19.7 Å². The first-order valence-electron chi connectivity index (χ1n) is 6.61. The van der Waals surface area contributed by atoms with Gasteiger partial charge in [0.2, 0.25) is 0 Å². The maximum absolute atomic E-state index is 10.9. The standard InChI is InChI=1S/C14H18N4O3/c1-10(13-17-16-9-18(13)2)15-6-7-21-12-5-3-4-11(8-12)14(19)20/h3-5,8-10,15H,6-7H2,1-2H3,(H,19,20). The van der Waals surface area contributed by atoms with Crippen LogP contribution in [-0.2, 0) is 7.05 Å². The number of hydrogen-bond acceptors (Lipinski definition) is 5. The minimum atomic E-state index is -0.963. The van der Waals surface area contributed by atoms with Gasteiger partial charge in [-0.15, -0.1) is 10.2 Å². The van der Waals surface area contributed by atoms with Crippen LogP contribution in [-0.4, -0.2) is 39.0 Å². The van der Waals surface area contributed by atoms with Crippen molar-refractivity contribution in [3.05, 3.63) is 42.0 Å². The Kier molecular flexibility index (Phi) is 4.89. The molecule has 2 N–H and O–H groups in total. The molecule has 0 bridgehead atoms. The zero-order chi connectivity index (χ0) is 15.2. The molecule has 0 radical (unpaired) electrons. The highest BCUT2D eigenvalue weighted by Gasteiger charge is 2.10. The van der Waals surface area contributed by atoms with Gasteiger partial charge in [0.25, 0.3) is 0 Å². The highest BCUT2D eigenvalue weighted by molar-refractivity contribution is 5.87. The van der Waals surface area contributed by atoms with Crippen molar-refractivity contribution in [3.63, 3.8) is 0 Å². The van der Waals surface area contributed by atoms with Gasteiger partial charge in [0.15, 0.2) is 0 Å². The van der Waals surface area contributed by atoms with Crippen molar-refractivity contribution in [1.82, 2.24) is 20.1 Å². The van der Waals surface area contributed by atoms with Crippen LogP contribution >= 0.6 is 0 Å². The number of aryl methyl sites for hydroxylation is 1. The number of rotatable bonds is 7. The van der Waals surface area contributed by atoms with Gasteiger partial charge in [-0.05, 0) is 25.1 Å². The van der Waals surface area contributed by atoms with E-state index in [1.54, 1.807) is 18.5 Å². The average Bonchev–Trinajstić information content (AvgIpc) is 2.90. The predicted molar refractivity (Wildman–Crippen MR) is 76.3 cm³/mol. The van der Waals surface area contributed by atoms with Crippen LogP contribution in [0.15, 0.2) is 30.6 Å². The molecule has 0 fully saturated rings. The summed E-state index contributed by atoms with van der Waals surface area (Å²) in [7, 11) is 1.89. The van der Waals surface area contributed by atoms with Gasteiger partial charge in [-0.1, -0.05) is 6.07 Å². The van der Waals surface area contributed by atoms with Crippen molar-refractivity contribution in [1.29, 1.82) is 0 Å². The van der Waals surface area contributed by atoms with Crippen LogP contribution in [0.4, 0.5) is 0 Å². The topological polar surface area (TPSA) is 89.3 Å². The second-order valence-electron chi connectivity index (χ2n) is 4.66. The van der Waals surface area contributed by atoms with Crippen molar-refractivity contribution in [3.8, 4) is 5.75 Å². The number of ether oxygens (including phenoxy) is 1. The summed E-state index contributed by atoms with van der Waals surface area (Å²) in [4.78, 5) is 10.9. The van der Waals surface area contributed by atoms with Gasteiger partial charge in [0.05, 0.1) is 11.6 Å². The maximum Gasteiger partial charge on any atom is 0.335 e. The smallest absolute Gasteiger partial charge is 0.335 e. The molecule has 1 aromatic carbocycles. The van der Waals surface area contributed by atoms with E-state index >= 15 is 0 Å². The second-order valence-corrected chi connectivity index (χ2v) is 4.66. The Balaban J connectivity index is 1.78. The fraction of sp³-hybridized carbons (Fsp3) is 0.357. The van der Waals surface area contributed by atoms with E-state index in [-0.39, 0.29) is 11.6 Å². The van der Waals surface area contributed by atoms with Crippen LogP contribution in [0.3, 0.4) is 0 Å². The molecule has 1 unspecified atom stereocenters. The third-order valence-corrected chi connectivity index (χ3v) is 3.04. The lowest BCUT2D eigenvalue weighted by molar-refractivity contribution is 0.0696. The molecule has 0 saturated heterocycles. The Hall–Kier alpha value is -2.41. The van der Waals surface area contributed by atoms with Crippen LogP contribution in [0.1, 0.15) is 29.1 Å². The molecule has 1 heterocycles. The summed E-state index contributed by atoms with van der Waals surface area (Å²) in [6.07, 6.45) is 1.65. The number of benzene rings is 1. The van der Waals surface area contributed by atoms with Crippen molar-refractivity contribution >= 4 is 5.97 Å². The van der Waals surface area contributed by atoms with Gasteiger partial charge >= 0.3 is 5.97 Å².